The molecule has 1 fully saturated rings. The van der Waals surface area contributed by atoms with Crippen molar-refractivity contribution in [3.8, 4) is 0 Å². The Bertz CT molecular complexity index is 313. The molecule has 0 aromatic heterocycles. The summed E-state index contributed by atoms with van der Waals surface area (Å²) in [6, 6.07) is 0. The standard InChI is InChI=1S/C24H48O2/c1-5-22(2)19-17-15-13-11-9-7-6-8-10-12-14-16-18-20-23-21-25-24(3,4)26-23/h22-23H,5-21H2,1-4H3. The van der Waals surface area contributed by atoms with Gasteiger partial charge in [0.25, 0.3) is 0 Å². The zero-order chi connectivity index (χ0) is 19.1. The Hall–Kier alpha value is -0.0800. The summed E-state index contributed by atoms with van der Waals surface area (Å²) in [6.45, 7) is 9.51. The van der Waals surface area contributed by atoms with Crippen LogP contribution >= 0.6 is 0 Å². The topological polar surface area (TPSA) is 18.5 Å². The highest BCUT2D eigenvalue weighted by molar-refractivity contribution is 4.70. The van der Waals surface area contributed by atoms with E-state index in [0.29, 0.717) is 6.10 Å². The largest absolute Gasteiger partial charge is 0.348 e. The normalized spacial score (nSPS) is 20.5. The van der Waals surface area contributed by atoms with Gasteiger partial charge in [-0.15, -0.1) is 0 Å². The van der Waals surface area contributed by atoms with Crippen molar-refractivity contribution in [1.82, 2.24) is 0 Å². The van der Waals surface area contributed by atoms with Gasteiger partial charge in [-0.3, -0.25) is 0 Å². The van der Waals surface area contributed by atoms with Crippen LogP contribution in [0.3, 0.4) is 0 Å². The van der Waals surface area contributed by atoms with E-state index < -0.39 is 0 Å². The summed E-state index contributed by atoms with van der Waals surface area (Å²) in [6.07, 6.45) is 22.8. The van der Waals surface area contributed by atoms with E-state index in [2.05, 4.69) is 13.8 Å². The fourth-order valence-corrected chi connectivity index (χ4v) is 3.92. The molecule has 0 radical (unpaired) electrons. The van der Waals surface area contributed by atoms with Crippen LogP contribution in [0.2, 0.25) is 0 Å². The lowest BCUT2D eigenvalue weighted by Crippen LogP contribution is -2.21. The smallest absolute Gasteiger partial charge is 0.163 e. The molecule has 0 aromatic carbocycles. The lowest BCUT2D eigenvalue weighted by Gasteiger charge is -2.16. The van der Waals surface area contributed by atoms with Crippen LogP contribution in [0, 0.1) is 5.92 Å². The first-order valence-corrected chi connectivity index (χ1v) is 11.9. The quantitative estimate of drug-likeness (QED) is 0.242. The van der Waals surface area contributed by atoms with Crippen molar-refractivity contribution in [1.29, 1.82) is 0 Å². The molecule has 0 aromatic rings. The second-order valence-electron chi connectivity index (χ2n) is 9.14. The van der Waals surface area contributed by atoms with Crippen LogP contribution in [0.4, 0.5) is 0 Å². The first-order chi connectivity index (χ1) is 12.5. The van der Waals surface area contributed by atoms with Gasteiger partial charge in [-0.2, -0.15) is 0 Å². The van der Waals surface area contributed by atoms with E-state index in [1.165, 1.54) is 103 Å². The van der Waals surface area contributed by atoms with E-state index in [9.17, 15) is 0 Å². The van der Waals surface area contributed by atoms with E-state index in [0.717, 1.165) is 12.5 Å². The molecule has 2 nitrogen and oxygen atoms in total. The molecule has 2 atom stereocenters. The summed E-state index contributed by atoms with van der Waals surface area (Å²) in [4.78, 5) is 0. The minimum absolute atomic E-state index is 0.333. The predicted molar refractivity (Wildman–Crippen MR) is 114 cm³/mol. The minimum atomic E-state index is -0.349. The molecule has 0 spiro atoms. The molecular weight excluding hydrogens is 320 g/mol. The molecule has 1 rings (SSSR count). The van der Waals surface area contributed by atoms with Gasteiger partial charge >= 0.3 is 0 Å². The number of unbranched alkanes of at least 4 members (excludes halogenated alkanes) is 12. The van der Waals surface area contributed by atoms with E-state index in [4.69, 9.17) is 9.47 Å². The lowest BCUT2D eigenvalue weighted by atomic mass is 9.99. The van der Waals surface area contributed by atoms with Gasteiger partial charge in [0.1, 0.15) is 0 Å². The summed E-state index contributed by atoms with van der Waals surface area (Å²) in [5.74, 6) is 0.588. The molecule has 0 aliphatic carbocycles. The lowest BCUT2D eigenvalue weighted by molar-refractivity contribution is -0.139. The van der Waals surface area contributed by atoms with Crippen LogP contribution in [0.25, 0.3) is 0 Å². The highest BCUT2D eigenvalue weighted by Crippen LogP contribution is 2.25. The molecule has 0 bridgehead atoms. The second kappa shape index (κ2) is 14.9. The number of hydrogen-bond donors (Lipinski definition) is 0. The fraction of sp³-hybridized carbons (Fsp3) is 1.00. The maximum atomic E-state index is 5.86. The molecule has 2 unspecified atom stereocenters. The Morgan fingerprint density at radius 1 is 0.769 bits per heavy atom. The average Bonchev–Trinajstić information content (AvgIpc) is 2.96. The van der Waals surface area contributed by atoms with Gasteiger partial charge < -0.3 is 9.47 Å². The van der Waals surface area contributed by atoms with Crippen LogP contribution in [-0.4, -0.2) is 18.5 Å². The number of hydrogen-bond acceptors (Lipinski definition) is 2. The monoisotopic (exact) mass is 368 g/mol. The van der Waals surface area contributed by atoms with E-state index in [1.54, 1.807) is 0 Å². The Kier molecular flexibility index (Phi) is 13.7. The molecule has 0 amide bonds. The Labute approximate surface area is 164 Å². The van der Waals surface area contributed by atoms with Gasteiger partial charge in [-0.1, -0.05) is 110 Å². The van der Waals surface area contributed by atoms with Gasteiger partial charge in [0.15, 0.2) is 5.79 Å². The highest BCUT2D eigenvalue weighted by atomic mass is 16.7. The van der Waals surface area contributed by atoms with Crippen molar-refractivity contribution in [3.63, 3.8) is 0 Å². The molecule has 26 heavy (non-hydrogen) atoms. The van der Waals surface area contributed by atoms with Crippen molar-refractivity contribution < 1.29 is 9.47 Å². The van der Waals surface area contributed by atoms with Gasteiger partial charge in [0.2, 0.25) is 0 Å². The first kappa shape index (κ1) is 24.0. The second-order valence-corrected chi connectivity index (χ2v) is 9.14. The van der Waals surface area contributed by atoms with Crippen molar-refractivity contribution in [3.05, 3.63) is 0 Å². The maximum Gasteiger partial charge on any atom is 0.163 e. The highest BCUT2D eigenvalue weighted by Gasteiger charge is 2.31. The van der Waals surface area contributed by atoms with Crippen LogP contribution in [0.5, 0.6) is 0 Å². The van der Waals surface area contributed by atoms with E-state index in [-0.39, 0.29) is 5.79 Å². The van der Waals surface area contributed by atoms with E-state index in [1.807, 2.05) is 13.8 Å². The zero-order valence-electron chi connectivity index (χ0n) is 18.5. The van der Waals surface area contributed by atoms with Crippen molar-refractivity contribution >= 4 is 0 Å². The van der Waals surface area contributed by atoms with Gasteiger partial charge in [0.05, 0.1) is 12.7 Å². The van der Waals surface area contributed by atoms with Crippen molar-refractivity contribution in [2.75, 3.05) is 6.61 Å². The van der Waals surface area contributed by atoms with Gasteiger partial charge in [-0.05, 0) is 26.2 Å². The SMILES string of the molecule is CCC(C)CCCCCCCCCCCCCCCC1COC(C)(C)O1. The van der Waals surface area contributed by atoms with Gasteiger partial charge in [-0.25, -0.2) is 0 Å². The molecule has 1 aliphatic rings. The Morgan fingerprint density at radius 2 is 1.23 bits per heavy atom. The summed E-state index contributed by atoms with van der Waals surface area (Å²) >= 11 is 0. The molecule has 156 valence electrons. The molecule has 1 heterocycles. The summed E-state index contributed by atoms with van der Waals surface area (Å²) in [7, 11) is 0. The third-order valence-corrected chi connectivity index (χ3v) is 5.99. The van der Waals surface area contributed by atoms with Gasteiger partial charge in [0, 0.05) is 0 Å². The van der Waals surface area contributed by atoms with Crippen LogP contribution in [-0.2, 0) is 9.47 Å². The molecule has 1 aliphatic heterocycles. The maximum absolute atomic E-state index is 5.86. The molecule has 1 saturated heterocycles. The third kappa shape index (κ3) is 13.1. The molecule has 0 N–H and O–H groups in total. The Morgan fingerprint density at radius 3 is 1.65 bits per heavy atom. The third-order valence-electron chi connectivity index (χ3n) is 5.99. The van der Waals surface area contributed by atoms with Crippen molar-refractivity contribution in [2.24, 2.45) is 5.92 Å². The zero-order valence-corrected chi connectivity index (χ0v) is 18.5. The number of rotatable bonds is 17. The summed E-state index contributed by atoms with van der Waals surface area (Å²) in [5, 5.41) is 0. The molecular formula is C24H48O2. The van der Waals surface area contributed by atoms with E-state index >= 15 is 0 Å². The fourth-order valence-electron chi connectivity index (χ4n) is 3.92. The molecule has 0 saturated carbocycles. The number of ether oxygens (including phenoxy) is 2. The van der Waals surface area contributed by atoms with Crippen LogP contribution in [0.15, 0.2) is 0 Å². The summed E-state index contributed by atoms with van der Waals surface area (Å²) < 4.78 is 11.5. The van der Waals surface area contributed by atoms with Crippen molar-refractivity contribution in [2.45, 2.75) is 142 Å². The van der Waals surface area contributed by atoms with Crippen LogP contribution in [0.1, 0.15) is 130 Å². The Balaban J connectivity index is 1.71. The predicted octanol–water partition coefficient (Wildman–Crippen LogP) is 8.04. The minimum Gasteiger partial charge on any atom is -0.348 e. The van der Waals surface area contributed by atoms with Crippen LogP contribution < -0.4 is 0 Å². The molecule has 2 heteroatoms. The summed E-state index contributed by atoms with van der Waals surface area (Å²) in [5.41, 5.74) is 0. The first-order valence-electron chi connectivity index (χ1n) is 11.9. The average molecular weight is 369 g/mol.